The minimum atomic E-state index is -0.704. The molecular weight excluding hydrogens is 252 g/mol. The molecule has 104 valence electrons. The van der Waals surface area contributed by atoms with E-state index in [-0.39, 0.29) is 12.5 Å². The number of carbonyl (C=O) groups is 1. The fourth-order valence-electron chi connectivity index (χ4n) is 2.99. The van der Waals surface area contributed by atoms with Gasteiger partial charge in [-0.05, 0) is 43.1 Å². The van der Waals surface area contributed by atoms with Gasteiger partial charge in [-0.25, -0.2) is 0 Å². The summed E-state index contributed by atoms with van der Waals surface area (Å²) in [6.45, 7) is 1.81. The Morgan fingerprint density at radius 1 is 1.40 bits per heavy atom. The van der Waals surface area contributed by atoms with Crippen LogP contribution in [0, 0.1) is 0 Å². The van der Waals surface area contributed by atoms with Crippen LogP contribution in [0.3, 0.4) is 0 Å². The Balaban J connectivity index is 1.76. The van der Waals surface area contributed by atoms with E-state index in [2.05, 4.69) is 28.1 Å². The van der Waals surface area contributed by atoms with Crippen LogP contribution >= 0.6 is 0 Å². The minimum absolute atomic E-state index is 0.178. The van der Waals surface area contributed by atoms with E-state index in [9.17, 15) is 4.79 Å². The summed E-state index contributed by atoms with van der Waals surface area (Å²) in [5, 5.41) is 10.1. The molecule has 0 bridgehead atoms. The molecule has 2 aromatic rings. The van der Waals surface area contributed by atoms with Gasteiger partial charge in [-0.15, -0.1) is 0 Å². The van der Waals surface area contributed by atoms with Crippen LogP contribution in [0.15, 0.2) is 36.5 Å². The molecule has 0 spiro atoms. The van der Waals surface area contributed by atoms with Crippen LogP contribution < -0.4 is 0 Å². The van der Waals surface area contributed by atoms with Crippen molar-refractivity contribution in [2.75, 3.05) is 6.54 Å². The first-order valence-corrected chi connectivity index (χ1v) is 7.02. The van der Waals surface area contributed by atoms with Gasteiger partial charge in [-0.1, -0.05) is 12.1 Å². The molecule has 1 aliphatic heterocycles. The van der Waals surface area contributed by atoms with Gasteiger partial charge >= 0.3 is 5.97 Å². The van der Waals surface area contributed by atoms with E-state index >= 15 is 0 Å². The second-order valence-electron chi connectivity index (χ2n) is 5.39. The van der Waals surface area contributed by atoms with Crippen molar-refractivity contribution < 1.29 is 9.90 Å². The zero-order valence-electron chi connectivity index (χ0n) is 11.3. The number of likely N-dealkylation sites (tertiary alicyclic amines) is 1. The van der Waals surface area contributed by atoms with Gasteiger partial charge in [0, 0.05) is 24.2 Å². The summed E-state index contributed by atoms with van der Waals surface area (Å²) in [5.74, 6) is -0.704. The van der Waals surface area contributed by atoms with Crippen molar-refractivity contribution in [1.29, 1.82) is 0 Å². The highest BCUT2D eigenvalue weighted by Crippen LogP contribution is 2.23. The highest BCUT2D eigenvalue weighted by atomic mass is 16.4. The maximum absolute atomic E-state index is 10.9. The van der Waals surface area contributed by atoms with Gasteiger partial charge in [0.1, 0.15) is 0 Å². The van der Waals surface area contributed by atoms with Crippen LogP contribution in [0.2, 0.25) is 0 Å². The first kappa shape index (κ1) is 13.1. The monoisotopic (exact) mass is 270 g/mol. The average molecular weight is 270 g/mol. The normalized spacial score (nSPS) is 19.5. The zero-order valence-corrected chi connectivity index (χ0v) is 11.3. The largest absolute Gasteiger partial charge is 0.481 e. The van der Waals surface area contributed by atoms with Gasteiger partial charge in [-0.2, -0.15) is 0 Å². The molecule has 4 heteroatoms. The van der Waals surface area contributed by atoms with Gasteiger partial charge in [0.15, 0.2) is 0 Å². The van der Waals surface area contributed by atoms with E-state index < -0.39 is 5.97 Å². The predicted octanol–water partition coefficient (Wildman–Crippen LogP) is 2.67. The molecular formula is C16H18N2O2. The highest BCUT2D eigenvalue weighted by molar-refractivity contribution is 5.78. The van der Waals surface area contributed by atoms with Crippen molar-refractivity contribution in [2.24, 2.45) is 0 Å². The molecule has 0 aliphatic carbocycles. The lowest BCUT2D eigenvalue weighted by molar-refractivity contribution is -0.138. The maximum atomic E-state index is 10.9. The summed E-state index contributed by atoms with van der Waals surface area (Å²) >= 11 is 0. The van der Waals surface area contributed by atoms with Gasteiger partial charge < -0.3 is 5.11 Å². The van der Waals surface area contributed by atoms with Crippen LogP contribution in [0.25, 0.3) is 10.9 Å². The molecule has 0 saturated carbocycles. The first-order chi connectivity index (χ1) is 9.72. The number of carboxylic acid groups (broad SMARTS) is 1. The van der Waals surface area contributed by atoms with E-state index in [1.807, 2.05) is 12.1 Å². The summed E-state index contributed by atoms with van der Waals surface area (Å²) < 4.78 is 0. The van der Waals surface area contributed by atoms with Gasteiger partial charge in [0.05, 0.1) is 11.9 Å². The Labute approximate surface area is 118 Å². The molecule has 20 heavy (non-hydrogen) atoms. The number of nitrogens with zero attached hydrogens (tertiary/aromatic N) is 2. The van der Waals surface area contributed by atoms with Crippen molar-refractivity contribution in [3.63, 3.8) is 0 Å². The third-order valence-electron chi connectivity index (χ3n) is 3.96. The fraction of sp³-hybridized carbons (Fsp3) is 0.375. The number of hydrogen-bond acceptors (Lipinski definition) is 3. The van der Waals surface area contributed by atoms with Gasteiger partial charge in [-0.3, -0.25) is 14.7 Å². The number of aromatic nitrogens is 1. The van der Waals surface area contributed by atoms with Crippen LogP contribution in [0.5, 0.6) is 0 Å². The summed E-state index contributed by atoms with van der Waals surface area (Å²) in [6, 6.07) is 10.5. The quantitative estimate of drug-likeness (QED) is 0.928. The van der Waals surface area contributed by atoms with Crippen LogP contribution in [-0.2, 0) is 11.3 Å². The number of hydrogen-bond donors (Lipinski definition) is 1. The Morgan fingerprint density at radius 2 is 2.30 bits per heavy atom. The molecule has 1 N–H and O–H groups in total. The number of pyridine rings is 1. The van der Waals surface area contributed by atoms with Crippen LogP contribution in [0.1, 0.15) is 24.8 Å². The molecule has 0 radical (unpaired) electrons. The van der Waals surface area contributed by atoms with Crippen LogP contribution in [0.4, 0.5) is 0 Å². The second kappa shape index (κ2) is 5.59. The molecule has 1 aromatic heterocycles. The zero-order chi connectivity index (χ0) is 13.9. The predicted molar refractivity (Wildman–Crippen MR) is 77.4 cm³/mol. The molecule has 1 atom stereocenters. The molecule has 1 aromatic carbocycles. The van der Waals surface area contributed by atoms with E-state index in [0.717, 1.165) is 36.8 Å². The molecule has 1 unspecified atom stereocenters. The lowest BCUT2D eigenvalue weighted by Crippen LogP contribution is -2.30. The molecule has 1 saturated heterocycles. The third kappa shape index (κ3) is 2.80. The van der Waals surface area contributed by atoms with E-state index in [0.29, 0.717) is 0 Å². The van der Waals surface area contributed by atoms with E-state index in [1.165, 1.54) is 5.56 Å². The van der Waals surface area contributed by atoms with Gasteiger partial charge in [0.25, 0.3) is 0 Å². The minimum Gasteiger partial charge on any atom is -0.481 e. The lowest BCUT2D eigenvalue weighted by Gasteiger charge is -2.23. The average Bonchev–Trinajstić information content (AvgIpc) is 2.85. The Morgan fingerprint density at radius 3 is 3.15 bits per heavy atom. The summed E-state index contributed by atoms with van der Waals surface area (Å²) in [7, 11) is 0. The summed E-state index contributed by atoms with van der Waals surface area (Å²) in [5.41, 5.74) is 2.22. The van der Waals surface area contributed by atoms with Crippen molar-refractivity contribution in [1.82, 2.24) is 9.88 Å². The smallest absolute Gasteiger partial charge is 0.304 e. The number of rotatable bonds is 4. The Kier molecular flexibility index (Phi) is 3.65. The van der Waals surface area contributed by atoms with Crippen LogP contribution in [-0.4, -0.2) is 33.5 Å². The number of aliphatic carboxylic acids is 1. The Hall–Kier alpha value is -1.94. The van der Waals surface area contributed by atoms with Crippen molar-refractivity contribution in [3.05, 3.63) is 42.1 Å². The summed E-state index contributed by atoms with van der Waals surface area (Å²) in [6.07, 6.45) is 4.12. The highest BCUT2D eigenvalue weighted by Gasteiger charge is 2.26. The number of carboxylic acids is 1. The molecule has 0 amide bonds. The molecule has 1 fully saturated rings. The van der Waals surface area contributed by atoms with E-state index in [1.54, 1.807) is 6.20 Å². The fourth-order valence-corrected chi connectivity index (χ4v) is 2.99. The second-order valence-corrected chi connectivity index (χ2v) is 5.39. The van der Waals surface area contributed by atoms with E-state index in [4.69, 9.17) is 5.11 Å². The SMILES string of the molecule is O=C(O)CC1CCCN1Cc1ccc2ncccc2c1. The topological polar surface area (TPSA) is 53.4 Å². The lowest BCUT2D eigenvalue weighted by atomic mass is 10.1. The molecule has 1 aliphatic rings. The number of benzene rings is 1. The summed E-state index contributed by atoms with van der Waals surface area (Å²) in [4.78, 5) is 17.5. The standard InChI is InChI=1S/C16H18N2O2/c19-16(20)10-14-4-2-8-18(14)11-12-5-6-15-13(9-12)3-1-7-17-15/h1,3,5-7,9,14H,2,4,8,10-11H2,(H,19,20). The molecule has 3 rings (SSSR count). The Bertz CT molecular complexity index is 627. The van der Waals surface area contributed by atoms with Gasteiger partial charge in [0.2, 0.25) is 0 Å². The van der Waals surface area contributed by atoms with Crippen molar-refractivity contribution in [2.45, 2.75) is 31.8 Å². The maximum Gasteiger partial charge on any atom is 0.304 e. The molecule has 2 heterocycles. The number of fused-ring (bicyclic) bond motifs is 1. The van der Waals surface area contributed by atoms with Crippen molar-refractivity contribution >= 4 is 16.9 Å². The van der Waals surface area contributed by atoms with Crippen molar-refractivity contribution in [3.8, 4) is 0 Å². The molecule has 4 nitrogen and oxygen atoms in total. The third-order valence-corrected chi connectivity index (χ3v) is 3.96. The first-order valence-electron chi connectivity index (χ1n) is 7.02.